The maximum absolute atomic E-state index is 13.9. The van der Waals surface area contributed by atoms with Crippen molar-refractivity contribution in [2.45, 2.75) is 91.6 Å². The second-order valence-electron chi connectivity index (χ2n) is 11.6. The van der Waals surface area contributed by atoms with Crippen LogP contribution in [0.25, 0.3) is 0 Å². The highest BCUT2D eigenvalue weighted by Gasteiger charge is 2.69. The van der Waals surface area contributed by atoms with Crippen LogP contribution in [0.5, 0.6) is 0 Å². The Morgan fingerprint density at radius 1 is 1.15 bits per heavy atom. The van der Waals surface area contributed by atoms with Crippen LogP contribution >= 0.6 is 0 Å². The molecule has 182 valence electrons. The summed E-state index contributed by atoms with van der Waals surface area (Å²) in [6.07, 6.45) is 11.1. The highest BCUT2D eigenvalue weighted by molar-refractivity contribution is 5.92. The molecule has 0 radical (unpaired) electrons. The quantitative estimate of drug-likeness (QED) is 0.532. The second kappa shape index (κ2) is 8.39. The number of allylic oxidation sites excluding steroid dienone is 4. The number of likely N-dealkylation sites (N-methyl/N-ethyl adjacent to an activating group) is 1. The molecule has 4 rings (SSSR count). The molecule has 5 nitrogen and oxygen atoms in total. The molecule has 1 amide bonds. The summed E-state index contributed by atoms with van der Waals surface area (Å²) in [4.78, 5) is 40.2. The number of esters is 1. The van der Waals surface area contributed by atoms with Crippen molar-refractivity contribution in [2.24, 2.45) is 28.6 Å². The maximum atomic E-state index is 13.9. The van der Waals surface area contributed by atoms with Crippen molar-refractivity contribution in [3.63, 3.8) is 0 Å². The van der Waals surface area contributed by atoms with Gasteiger partial charge in [-0.3, -0.25) is 14.4 Å². The van der Waals surface area contributed by atoms with E-state index in [-0.39, 0.29) is 29.0 Å². The van der Waals surface area contributed by atoms with E-state index in [0.717, 1.165) is 38.5 Å². The Bertz CT molecular complexity index is 919. The van der Waals surface area contributed by atoms with E-state index in [9.17, 15) is 14.4 Å². The van der Waals surface area contributed by atoms with E-state index >= 15 is 0 Å². The first kappa shape index (κ1) is 24.2. The van der Waals surface area contributed by atoms with Crippen LogP contribution in [0.1, 0.15) is 86.0 Å². The fourth-order valence-corrected chi connectivity index (χ4v) is 8.03. The summed E-state index contributed by atoms with van der Waals surface area (Å²) in [6, 6.07) is 0. The van der Waals surface area contributed by atoms with Crippen molar-refractivity contribution < 1.29 is 19.1 Å². The molecule has 5 heteroatoms. The van der Waals surface area contributed by atoms with Crippen LogP contribution in [0.4, 0.5) is 0 Å². The lowest BCUT2D eigenvalue weighted by Gasteiger charge is -2.58. The largest absolute Gasteiger partial charge is 0.449 e. The van der Waals surface area contributed by atoms with E-state index in [1.165, 1.54) is 18.1 Å². The molecule has 33 heavy (non-hydrogen) atoms. The van der Waals surface area contributed by atoms with Crippen molar-refractivity contribution in [3.05, 3.63) is 23.3 Å². The Labute approximate surface area is 199 Å². The number of carbonyl (C=O) groups excluding carboxylic acids is 3. The van der Waals surface area contributed by atoms with Gasteiger partial charge in [-0.1, -0.05) is 38.8 Å². The van der Waals surface area contributed by atoms with Crippen LogP contribution < -0.4 is 0 Å². The molecule has 4 aliphatic carbocycles. The number of ether oxygens (including phenoxy) is 1. The molecule has 0 aromatic carbocycles. The highest BCUT2D eigenvalue weighted by Crippen LogP contribution is 2.68. The van der Waals surface area contributed by atoms with Crippen LogP contribution in [-0.2, 0) is 19.1 Å². The third kappa shape index (κ3) is 3.52. The van der Waals surface area contributed by atoms with Gasteiger partial charge in [0.2, 0.25) is 0 Å². The molecule has 0 heterocycles. The molecule has 0 spiro atoms. The molecular weight excluding hydrogens is 414 g/mol. The average molecular weight is 456 g/mol. The SMILES string of the molecule is CCCCN(C)C(=O)C1(OC(C)=O)CCC2C3C=C(C)C4=CC(=O)CCC4(C)C3CCC21C. The van der Waals surface area contributed by atoms with Crippen molar-refractivity contribution in [1.82, 2.24) is 4.90 Å². The van der Waals surface area contributed by atoms with Gasteiger partial charge in [0, 0.05) is 32.4 Å². The number of amides is 1. The van der Waals surface area contributed by atoms with Crippen LogP contribution in [-0.4, -0.2) is 41.8 Å². The minimum atomic E-state index is -1.09. The molecular formula is C28H41NO4. The number of rotatable bonds is 5. The van der Waals surface area contributed by atoms with Gasteiger partial charge in [0.05, 0.1) is 0 Å². The Kier molecular flexibility index (Phi) is 6.16. The Hall–Kier alpha value is -1.91. The van der Waals surface area contributed by atoms with Crippen molar-refractivity contribution >= 4 is 17.7 Å². The number of hydrogen-bond donors (Lipinski definition) is 0. The summed E-state index contributed by atoms with van der Waals surface area (Å²) >= 11 is 0. The van der Waals surface area contributed by atoms with Gasteiger partial charge in [0.15, 0.2) is 11.4 Å². The summed E-state index contributed by atoms with van der Waals surface area (Å²) in [5.41, 5.74) is 0.970. The van der Waals surface area contributed by atoms with E-state index in [2.05, 4.69) is 33.8 Å². The minimum Gasteiger partial charge on any atom is -0.449 e. The summed E-state index contributed by atoms with van der Waals surface area (Å²) in [7, 11) is 1.85. The fraction of sp³-hybridized carbons (Fsp3) is 0.750. The molecule has 2 fully saturated rings. The van der Waals surface area contributed by atoms with E-state index in [0.29, 0.717) is 31.2 Å². The first-order valence-electron chi connectivity index (χ1n) is 12.9. The van der Waals surface area contributed by atoms with Crippen LogP contribution in [0, 0.1) is 28.6 Å². The predicted molar refractivity (Wildman–Crippen MR) is 128 cm³/mol. The molecule has 0 bridgehead atoms. The lowest BCUT2D eigenvalue weighted by Crippen LogP contribution is -2.61. The summed E-state index contributed by atoms with van der Waals surface area (Å²) in [5, 5.41) is 0. The second-order valence-corrected chi connectivity index (χ2v) is 11.6. The molecule has 2 saturated carbocycles. The number of nitrogens with zero attached hydrogens (tertiary/aromatic N) is 1. The van der Waals surface area contributed by atoms with Crippen molar-refractivity contribution in [1.29, 1.82) is 0 Å². The number of ketones is 1. The Morgan fingerprint density at radius 2 is 1.85 bits per heavy atom. The van der Waals surface area contributed by atoms with Gasteiger partial charge < -0.3 is 9.64 Å². The Morgan fingerprint density at radius 3 is 2.52 bits per heavy atom. The van der Waals surface area contributed by atoms with Gasteiger partial charge >= 0.3 is 5.97 Å². The predicted octanol–water partition coefficient (Wildman–Crippen LogP) is 5.24. The van der Waals surface area contributed by atoms with E-state index in [1.807, 2.05) is 13.1 Å². The third-order valence-corrected chi connectivity index (χ3v) is 9.81. The van der Waals surface area contributed by atoms with E-state index < -0.39 is 11.0 Å². The minimum absolute atomic E-state index is 0.00729. The lowest BCUT2D eigenvalue weighted by molar-refractivity contribution is -0.193. The summed E-state index contributed by atoms with van der Waals surface area (Å²) in [6.45, 7) is 10.9. The van der Waals surface area contributed by atoms with Crippen LogP contribution in [0.2, 0.25) is 0 Å². The molecule has 6 atom stereocenters. The molecule has 0 aromatic rings. The monoisotopic (exact) mass is 455 g/mol. The van der Waals surface area contributed by atoms with E-state index in [4.69, 9.17) is 4.74 Å². The molecule has 0 N–H and O–H groups in total. The van der Waals surface area contributed by atoms with Crippen molar-refractivity contribution in [3.8, 4) is 0 Å². The lowest BCUT2D eigenvalue weighted by atomic mass is 9.47. The first-order chi connectivity index (χ1) is 15.5. The standard InChI is InChI=1S/C28H41NO4/c1-7-8-15-29(6)25(32)28(33-19(3)30)14-11-23-21-16-18(2)24-17-20(31)9-12-26(24,4)22(21)10-13-27(23,28)5/h16-17,21-23H,7-15H2,1-6H3. The molecule has 0 saturated heterocycles. The normalized spacial score (nSPS) is 39.6. The van der Waals surface area contributed by atoms with Gasteiger partial charge in [0.25, 0.3) is 5.91 Å². The molecule has 4 aliphatic rings. The van der Waals surface area contributed by atoms with Gasteiger partial charge in [-0.25, -0.2) is 0 Å². The third-order valence-electron chi connectivity index (χ3n) is 9.81. The molecule has 0 aromatic heterocycles. The summed E-state index contributed by atoms with van der Waals surface area (Å²) < 4.78 is 6.08. The van der Waals surface area contributed by atoms with Crippen LogP contribution in [0.3, 0.4) is 0 Å². The van der Waals surface area contributed by atoms with Gasteiger partial charge in [-0.05, 0) is 80.3 Å². The number of fused-ring (bicyclic) bond motifs is 5. The maximum Gasteiger partial charge on any atom is 0.303 e. The zero-order chi connectivity index (χ0) is 24.2. The highest BCUT2D eigenvalue weighted by atomic mass is 16.6. The summed E-state index contributed by atoms with van der Waals surface area (Å²) in [5.74, 6) is 0.926. The number of carbonyl (C=O) groups is 3. The van der Waals surface area contributed by atoms with Crippen molar-refractivity contribution in [2.75, 3.05) is 13.6 Å². The molecule has 0 aliphatic heterocycles. The molecule has 6 unspecified atom stereocenters. The van der Waals surface area contributed by atoms with E-state index in [1.54, 1.807) is 4.90 Å². The number of unbranched alkanes of at least 4 members (excludes halogenated alkanes) is 1. The topological polar surface area (TPSA) is 63.7 Å². The number of hydrogen-bond acceptors (Lipinski definition) is 4. The first-order valence-corrected chi connectivity index (χ1v) is 12.9. The fourth-order valence-electron chi connectivity index (χ4n) is 8.03. The smallest absolute Gasteiger partial charge is 0.303 e. The van der Waals surface area contributed by atoms with Gasteiger partial charge in [-0.15, -0.1) is 0 Å². The van der Waals surface area contributed by atoms with Gasteiger partial charge in [0.1, 0.15) is 0 Å². The zero-order valence-corrected chi connectivity index (χ0v) is 21.3. The van der Waals surface area contributed by atoms with Crippen LogP contribution in [0.15, 0.2) is 23.3 Å². The Balaban J connectivity index is 1.74. The average Bonchev–Trinajstić information content (AvgIpc) is 3.05. The zero-order valence-electron chi connectivity index (χ0n) is 21.3. The van der Waals surface area contributed by atoms with Gasteiger partial charge in [-0.2, -0.15) is 0 Å².